The first-order valence-electron chi connectivity index (χ1n) is 8.04. The van der Waals surface area contributed by atoms with Gasteiger partial charge < -0.3 is 0 Å². The minimum absolute atomic E-state index is 0.0489. The average Bonchev–Trinajstić information content (AvgIpc) is 2.92. The van der Waals surface area contributed by atoms with Crippen LogP contribution in [0.3, 0.4) is 0 Å². The van der Waals surface area contributed by atoms with Gasteiger partial charge in [-0.1, -0.05) is 49.7 Å². The van der Waals surface area contributed by atoms with Crippen LogP contribution in [-0.4, -0.2) is 23.6 Å². The Bertz CT molecular complexity index is 758. The standard InChI is InChI=1S/C18H19F3N2O/c1-2-4-12-7-8-14-13(11-12)5-3-6-15(14)17(18(19,20)21)23-10-9-16(24)22-23/h3,5-8,11,17H,2,4,9-10H2,1H3,(H,22,24). The molecule has 1 fully saturated rings. The summed E-state index contributed by atoms with van der Waals surface area (Å²) in [5.41, 5.74) is 3.61. The maximum Gasteiger partial charge on any atom is 0.409 e. The molecule has 1 unspecified atom stereocenters. The highest BCUT2D eigenvalue weighted by Crippen LogP contribution is 2.40. The highest BCUT2D eigenvalue weighted by atomic mass is 19.4. The molecule has 0 radical (unpaired) electrons. The van der Waals surface area contributed by atoms with Crippen LogP contribution in [0.1, 0.15) is 36.9 Å². The molecule has 2 aromatic carbocycles. The minimum Gasteiger partial charge on any atom is -0.288 e. The number of carbonyl (C=O) groups is 1. The zero-order chi connectivity index (χ0) is 17.3. The zero-order valence-corrected chi connectivity index (χ0v) is 13.4. The van der Waals surface area contributed by atoms with Crippen LogP contribution < -0.4 is 5.43 Å². The van der Waals surface area contributed by atoms with Gasteiger partial charge in [0.25, 0.3) is 0 Å². The van der Waals surface area contributed by atoms with E-state index in [1.807, 2.05) is 18.2 Å². The van der Waals surface area contributed by atoms with Gasteiger partial charge in [-0.05, 0) is 28.3 Å². The van der Waals surface area contributed by atoms with Crippen molar-refractivity contribution in [3.63, 3.8) is 0 Å². The fourth-order valence-corrected chi connectivity index (χ4v) is 3.25. The number of carbonyl (C=O) groups excluding carboxylic acids is 1. The Morgan fingerprint density at radius 1 is 1.25 bits per heavy atom. The normalized spacial score (nSPS) is 17.2. The van der Waals surface area contributed by atoms with Gasteiger partial charge in [0.05, 0.1) is 0 Å². The summed E-state index contributed by atoms with van der Waals surface area (Å²) >= 11 is 0. The molecule has 1 atom stereocenters. The molecular formula is C18H19F3N2O. The number of nitrogens with one attached hydrogen (secondary N) is 1. The molecule has 3 rings (SSSR count). The predicted molar refractivity (Wildman–Crippen MR) is 86.2 cm³/mol. The summed E-state index contributed by atoms with van der Waals surface area (Å²) in [7, 11) is 0. The van der Waals surface area contributed by atoms with E-state index in [2.05, 4.69) is 12.3 Å². The monoisotopic (exact) mass is 336 g/mol. The fourth-order valence-electron chi connectivity index (χ4n) is 3.25. The largest absolute Gasteiger partial charge is 0.409 e. The van der Waals surface area contributed by atoms with Crippen molar-refractivity contribution in [3.05, 3.63) is 47.5 Å². The molecule has 128 valence electrons. The second kappa shape index (κ2) is 6.43. The van der Waals surface area contributed by atoms with Gasteiger partial charge in [-0.2, -0.15) is 13.2 Å². The molecule has 1 heterocycles. The van der Waals surface area contributed by atoms with Crippen molar-refractivity contribution in [1.29, 1.82) is 0 Å². The highest BCUT2D eigenvalue weighted by molar-refractivity contribution is 5.87. The number of alkyl halides is 3. The molecule has 0 spiro atoms. The quantitative estimate of drug-likeness (QED) is 0.910. The molecule has 2 aromatic rings. The average molecular weight is 336 g/mol. The Balaban J connectivity index is 2.09. The van der Waals surface area contributed by atoms with Crippen LogP contribution >= 0.6 is 0 Å². The Kier molecular flexibility index (Phi) is 4.49. The minimum atomic E-state index is -4.48. The number of amides is 1. The number of hydrogen-bond donors (Lipinski definition) is 1. The van der Waals surface area contributed by atoms with Crippen molar-refractivity contribution < 1.29 is 18.0 Å². The summed E-state index contributed by atoms with van der Waals surface area (Å²) in [6.45, 7) is 2.11. The zero-order valence-electron chi connectivity index (χ0n) is 13.4. The Morgan fingerprint density at radius 3 is 2.67 bits per heavy atom. The topological polar surface area (TPSA) is 32.3 Å². The molecule has 0 bridgehead atoms. The molecule has 0 aromatic heterocycles. The maximum absolute atomic E-state index is 13.7. The summed E-state index contributed by atoms with van der Waals surface area (Å²) in [6, 6.07) is 8.70. The van der Waals surface area contributed by atoms with E-state index in [9.17, 15) is 18.0 Å². The summed E-state index contributed by atoms with van der Waals surface area (Å²) in [5.74, 6) is -0.380. The molecule has 1 N–H and O–H groups in total. The number of halogens is 3. The second-order valence-corrected chi connectivity index (χ2v) is 6.08. The number of aryl methyl sites for hydroxylation is 1. The molecule has 1 amide bonds. The molecule has 1 aliphatic heterocycles. The van der Waals surface area contributed by atoms with E-state index >= 15 is 0 Å². The number of rotatable bonds is 4. The fraction of sp³-hybridized carbons (Fsp3) is 0.389. The lowest BCUT2D eigenvalue weighted by Crippen LogP contribution is -2.43. The first-order valence-corrected chi connectivity index (χ1v) is 8.04. The lowest BCUT2D eigenvalue weighted by atomic mass is 9.95. The number of fused-ring (bicyclic) bond motifs is 1. The number of benzene rings is 2. The number of hydrazine groups is 1. The van der Waals surface area contributed by atoms with Crippen LogP contribution in [0.5, 0.6) is 0 Å². The third-order valence-electron chi connectivity index (χ3n) is 4.28. The van der Waals surface area contributed by atoms with E-state index < -0.39 is 12.2 Å². The van der Waals surface area contributed by atoms with Crippen molar-refractivity contribution in [2.24, 2.45) is 0 Å². The third-order valence-corrected chi connectivity index (χ3v) is 4.28. The maximum atomic E-state index is 13.7. The molecule has 6 heteroatoms. The smallest absolute Gasteiger partial charge is 0.288 e. The van der Waals surface area contributed by atoms with Gasteiger partial charge in [0.15, 0.2) is 6.04 Å². The van der Waals surface area contributed by atoms with Crippen LogP contribution in [0.4, 0.5) is 13.2 Å². The van der Waals surface area contributed by atoms with Crippen LogP contribution in [0.2, 0.25) is 0 Å². The van der Waals surface area contributed by atoms with Crippen LogP contribution in [0, 0.1) is 0 Å². The molecule has 3 nitrogen and oxygen atoms in total. The van der Waals surface area contributed by atoms with Crippen LogP contribution in [-0.2, 0) is 11.2 Å². The molecule has 1 aliphatic rings. The highest BCUT2D eigenvalue weighted by Gasteiger charge is 2.47. The Labute approximate surface area is 138 Å². The van der Waals surface area contributed by atoms with Gasteiger partial charge in [0, 0.05) is 13.0 Å². The summed E-state index contributed by atoms with van der Waals surface area (Å²) in [5, 5.41) is 2.36. The van der Waals surface area contributed by atoms with E-state index in [0.29, 0.717) is 5.39 Å². The van der Waals surface area contributed by atoms with Gasteiger partial charge >= 0.3 is 6.18 Å². The second-order valence-electron chi connectivity index (χ2n) is 6.08. The molecular weight excluding hydrogens is 317 g/mol. The lowest BCUT2D eigenvalue weighted by molar-refractivity contribution is -0.190. The van der Waals surface area contributed by atoms with Crippen LogP contribution in [0.25, 0.3) is 10.8 Å². The van der Waals surface area contributed by atoms with Crippen molar-refractivity contribution in [2.45, 2.75) is 38.4 Å². The molecule has 0 aliphatic carbocycles. The summed E-state index contributed by atoms with van der Waals surface area (Å²) in [4.78, 5) is 11.4. The van der Waals surface area contributed by atoms with Gasteiger partial charge in [0.2, 0.25) is 5.91 Å². The first kappa shape index (κ1) is 16.8. The first-order chi connectivity index (χ1) is 11.4. The van der Waals surface area contributed by atoms with Gasteiger partial charge in [-0.3, -0.25) is 10.2 Å². The molecule has 0 saturated carbocycles. The Morgan fingerprint density at radius 2 is 2.04 bits per heavy atom. The SMILES string of the molecule is CCCc1ccc2c(C(N3CCC(=O)N3)C(F)(F)F)cccc2c1. The lowest BCUT2D eigenvalue weighted by Gasteiger charge is -2.30. The van der Waals surface area contributed by atoms with E-state index in [0.717, 1.165) is 28.8 Å². The van der Waals surface area contributed by atoms with E-state index in [1.54, 1.807) is 12.1 Å². The van der Waals surface area contributed by atoms with Crippen molar-refractivity contribution in [2.75, 3.05) is 6.54 Å². The van der Waals surface area contributed by atoms with E-state index in [4.69, 9.17) is 0 Å². The number of hydrogen-bond acceptors (Lipinski definition) is 2. The molecule has 1 saturated heterocycles. The Hall–Kier alpha value is -2.08. The van der Waals surface area contributed by atoms with Crippen LogP contribution in [0.15, 0.2) is 36.4 Å². The third kappa shape index (κ3) is 3.24. The summed E-state index contributed by atoms with van der Waals surface area (Å²) in [6.07, 6.45) is -2.52. The van der Waals surface area contributed by atoms with Gasteiger partial charge in [-0.15, -0.1) is 0 Å². The van der Waals surface area contributed by atoms with Crippen molar-refractivity contribution >= 4 is 16.7 Å². The number of nitrogens with zero attached hydrogens (tertiary/aromatic N) is 1. The van der Waals surface area contributed by atoms with Gasteiger partial charge in [-0.25, -0.2) is 5.01 Å². The van der Waals surface area contributed by atoms with E-state index in [1.165, 1.54) is 6.07 Å². The summed E-state index contributed by atoms with van der Waals surface area (Å²) < 4.78 is 41.2. The van der Waals surface area contributed by atoms with Gasteiger partial charge in [0.1, 0.15) is 0 Å². The van der Waals surface area contributed by atoms with Crippen molar-refractivity contribution in [3.8, 4) is 0 Å². The van der Waals surface area contributed by atoms with Crippen molar-refractivity contribution in [1.82, 2.24) is 10.4 Å². The van der Waals surface area contributed by atoms with E-state index in [-0.39, 0.29) is 24.4 Å². The predicted octanol–water partition coefficient (Wildman–Crippen LogP) is 4.13. The molecule has 24 heavy (non-hydrogen) atoms.